The van der Waals surface area contributed by atoms with E-state index >= 15 is 0 Å². The van der Waals surface area contributed by atoms with Gasteiger partial charge in [-0.15, -0.1) is 0 Å². The van der Waals surface area contributed by atoms with Crippen molar-refractivity contribution in [2.45, 2.75) is 38.5 Å². The number of para-hydroxylation sites is 1. The van der Waals surface area contributed by atoms with Gasteiger partial charge < -0.3 is 30.0 Å². The maximum Gasteiger partial charge on any atom is 0.303 e. The molecule has 0 radical (unpaired) electrons. The number of aryl methyl sites for hydroxylation is 1. The van der Waals surface area contributed by atoms with Crippen LogP contribution in [-0.2, 0) is 4.79 Å². The van der Waals surface area contributed by atoms with Gasteiger partial charge >= 0.3 is 5.97 Å². The number of piperazine rings is 1. The number of rotatable bonds is 10. The van der Waals surface area contributed by atoms with Crippen LogP contribution in [0.3, 0.4) is 0 Å². The Morgan fingerprint density at radius 3 is 2.41 bits per heavy atom. The van der Waals surface area contributed by atoms with E-state index in [-0.39, 0.29) is 24.6 Å². The summed E-state index contributed by atoms with van der Waals surface area (Å²) in [5.74, 6) is -0.755. The van der Waals surface area contributed by atoms with Gasteiger partial charge in [0.25, 0.3) is 11.8 Å². The first-order valence-corrected chi connectivity index (χ1v) is 13.4. The zero-order valence-electron chi connectivity index (χ0n) is 22.0. The molecule has 2 amide bonds. The summed E-state index contributed by atoms with van der Waals surface area (Å²) in [6, 6.07) is 13.6. The predicted octanol–water partition coefficient (Wildman–Crippen LogP) is 4.03. The Labute approximate surface area is 227 Å². The quantitative estimate of drug-likeness (QED) is 0.335. The monoisotopic (exact) mass is 531 g/mol. The van der Waals surface area contributed by atoms with Crippen molar-refractivity contribution < 1.29 is 23.9 Å². The van der Waals surface area contributed by atoms with Gasteiger partial charge in [-0.1, -0.05) is 18.2 Å². The number of oxazole rings is 1. The second kappa shape index (κ2) is 11.6. The molecule has 39 heavy (non-hydrogen) atoms. The number of carbonyl (C=O) groups excluding carboxylic acids is 2. The predicted molar refractivity (Wildman–Crippen MR) is 148 cm³/mol. The number of anilines is 3. The zero-order chi connectivity index (χ0) is 27.4. The van der Waals surface area contributed by atoms with Crippen molar-refractivity contribution in [1.82, 2.24) is 10.3 Å². The van der Waals surface area contributed by atoms with Gasteiger partial charge in [0.15, 0.2) is 11.6 Å². The van der Waals surface area contributed by atoms with Crippen LogP contribution in [0.2, 0.25) is 0 Å². The van der Waals surface area contributed by atoms with Crippen LogP contribution < -0.4 is 20.4 Å². The molecule has 2 heterocycles. The van der Waals surface area contributed by atoms with Gasteiger partial charge in [-0.2, -0.15) is 0 Å². The van der Waals surface area contributed by atoms with Crippen molar-refractivity contribution in [3.8, 4) is 0 Å². The zero-order valence-corrected chi connectivity index (χ0v) is 22.0. The van der Waals surface area contributed by atoms with Crippen LogP contribution in [0.15, 0.2) is 53.1 Å². The average molecular weight is 532 g/mol. The lowest BCUT2D eigenvalue weighted by molar-refractivity contribution is -0.137. The molecule has 1 aliphatic carbocycles. The van der Waals surface area contributed by atoms with E-state index in [0.29, 0.717) is 29.5 Å². The number of carboxylic acids is 1. The molecule has 0 unspecified atom stereocenters. The summed E-state index contributed by atoms with van der Waals surface area (Å²) in [7, 11) is 0. The number of hydrogen-bond acceptors (Lipinski definition) is 7. The van der Waals surface area contributed by atoms with E-state index in [9.17, 15) is 14.4 Å². The van der Waals surface area contributed by atoms with Crippen molar-refractivity contribution in [3.63, 3.8) is 0 Å². The lowest BCUT2D eigenvalue weighted by Crippen LogP contribution is -2.47. The molecule has 5 rings (SSSR count). The Hall–Kier alpha value is -4.34. The van der Waals surface area contributed by atoms with E-state index in [1.54, 1.807) is 12.1 Å². The van der Waals surface area contributed by atoms with Gasteiger partial charge in [-0.3, -0.25) is 14.4 Å². The summed E-state index contributed by atoms with van der Waals surface area (Å²) >= 11 is 0. The van der Waals surface area contributed by atoms with Crippen LogP contribution in [0.1, 0.15) is 63.9 Å². The third-order valence-electron chi connectivity index (χ3n) is 7.12. The second-order valence-corrected chi connectivity index (χ2v) is 10.0. The number of carboxylic acid groups (broad SMARTS) is 1. The highest BCUT2D eigenvalue weighted by Gasteiger charge is 2.30. The number of carbonyl (C=O) groups is 3. The summed E-state index contributed by atoms with van der Waals surface area (Å²) in [5, 5.41) is 14.5. The topological polar surface area (TPSA) is 128 Å². The molecule has 0 bridgehead atoms. The molecular formula is C29H33N5O5. The fraction of sp³-hybridized carbons (Fsp3) is 0.379. The minimum Gasteiger partial charge on any atom is -0.481 e. The van der Waals surface area contributed by atoms with E-state index in [2.05, 4.69) is 44.5 Å². The number of aliphatic carboxylic acids is 1. The third-order valence-corrected chi connectivity index (χ3v) is 7.12. The first-order chi connectivity index (χ1) is 18.9. The first kappa shape index (κ1) is 26.3. The summed E-state index contributed by atoms with van der Waals surface area (Å²) in [6.45, 7) is 5.48. The molecule has 1 aliphatic heterocycles. The van der Waals surface area contributed by atoms with Gasteiger partial charge in [-0.05, 0) is 56.0 Å². The highest BCUT2D eigenvalue weighted by Crippen LogP contribution is 2.39. The number of benzene rings is 2. The van der Waals surface area contributed by atoms with Crippen LogP contribution in [0, 0.1) is 6.92 Å². The number of nitrogens with one attached hydrogen (secondary N) is 2. The van der Waals surface area contributed by atoms with Crippen LogP contribution >= 0.6 is 0 Å². The van der Waals surface area contributed by atoms with Crippen molar-refractivity contribution >= 4 is 34.8 Å². The van der Waals surface area contributed by atoms with Gasteiger partial charge in [-0.25, -0.2) is 4.98 Å². The molecule has 204 valence electrons. The summed E-state index contributed by atoms with van der Waals surface area (Å²) in [5.41, 5.74) is 4.37. The molecule has 2 aliphatic rings. The lowest BCUT2D eigenvalue weighted by atomic mass is 10.1. The van der Waals surface area contributed by atoms with Crippen molar-refractivity contribution in [3.05, 3.63) is 71.4 Å². The highest BCUT2D eigenvalue weighted by molar-refractivity contribution is 6.06. The Balaban J connectivity index is 1.33. The Kier molecular flexibility index (Phi) is 7.81. The maximum absolute atomic E-state index is 13.1. The van der Waals surface area contributed by atoms with Crippen LogP contribution in [0.5, 0.6) is 0 Å². The standard InChI is InChI=1S/C29H33N5O5/c1-19-5-2-3-6-24(19)33-13-15-34(16-14-33)25-11-10-21(27(37)30-12-4-7-26(35)36)17-22(25)31-28(38)23-18-39-29(32-23)20-8-9-20/h2-3,5-6,10-11,17-18,20H,4,7-9,12-16H2,1H3,(H,30,37)(H,31,38)(H,35,36). The van der Waals surface area contributed by atoms with Gasteiger partial charge in [0.1, 0.15) is 6.26 Å². The number of amides is 2. The minimum absolute atomic E-state index is 0.0183. The van der Waals surface area contributed by atoms with E-state index < -0.39 is 11.9 Å². The third kappa shape index (κ3) is 6.39. The number of aromatic nitrogens is 1. The van der Waals surface area contributed by atoms with Crippen LogP contribution in [-0.4, -0.2) is 60.6 Å². The summed E-state index contributed by atoms with van der Waals surface area (Å²) in [6.07, 6.45) is 3.73. The average Bonchev–Trinajstić information content (AvgIpc) is 3.67. The van der Waals surface area contributed by atoms with E-state index in [1.807, 2.05) is 18.2 Å². The Bertz CT molecular complexity index is 1360. The molecule has 1 saturated carbocycles. The molecule has 3 N–H and O–H groups in total. The van der Waals surface area contributed by atoms with Crippen molar-refractivity contribution in [2.75, 3.05) is 47.8 Å². The highest BCUT2D eigenvalue weighted by atomic mass is 16.4. The minimum atomic E-state index is -0.904. The number of nitrogens with zero attached hydrogens (tertiary/aromatic N) is 3. The number of hydrogen-bond donors (Lipinski definition) is 3. The fourth-order valence-corrected chi connectivity index (χ4v) is 4.80. The molecule has 3 aromatic rings. The van der Waals surface area contributed by atoms with E-state index in [4.69, 9.17) is 9.52 Å². The Morgan fingerprint density at radius 2 is 1.72 bits per heavy atom. The van der Waals surface area contributed by atoms with Gasteiger partial charge in [0, 0.05) is 56.3 Å². The molecular weight excluding hydrogens is 498 g/mol. The SMILES string of the molecule is Cc1ccccc1N1CCN(c2ccc(C(=O)NCCCC(=O)O)cc2NC(=O)c2coc(C3CC3)n2)CC1. The molecule has 0 atom stereocenters. The molecule has 10 heteroatoms. The Morgan fingerprint density at radius 1 is 1.00 bits per heavy atom. The van der Waals surface area contributed by atoms with Crippen LogP contribution in [0.25, 0.3) is 0 Å². The maximum atomic E-state index is 13.1. The van der Waals surface area contributed by atoms with Gasteiger partial charge in [0.05, 0.1) is 11.4 Å². The van der Waals surface area contributed by atoms with Crippen molar-refractivity contribution in [1.29, 1.82) is 0 Å². The molecule has 0 spiro atoms. The van der Waals surface area contributed by atoms with Crippen LogP contribution in [0.4, 0.5) is 17.1 Å². The molecule has 2 fully saturated rings. The van der Waals surface area contributed by atoms with E-state index in [1.165, 1.54) is 17.5 Å². The largest absolute Gasteiger partial charge is 0.481 e. The molecule has 1 saturated heterocycles. The molecule has 10 nitrogen and oxygen atoms in total. The first-order valence-electron chi connectivity index (χ1n) is 13.4. The van der Waals surface area contributed by atoms with Gasteiger partial charge in [0.2, 0.25) is 0 Å². The fourth-order valence-electron chi connectivity index (χ4n) is 4.80. The molecule has 1 aromatic heterocycles. The summed E-state index contributed by atoms with van der Waals surface area (Å²) < 4.78 is 5.50. The second-order valence-electron chi connectivity index (χ2n) is 10.0. The summed E-state index contributed by atoms with van der Waals surface area (Å²) in [4.78, 5) is 45.6. The normalized spacial score (nSPS) is 15.2. The smallest absolute Gasteiger partial charge is 0.303 e. The lowest BCUT2D eigenvalue weighted by Gasteiger charge is -2.38. The molecule has 2 aromatic carbocycles. The van der Waals surface area contributed by atoms with Crippen molar-refractivity contribution in [2.24, 2.45) is 0 Å². The van der Waals surface area contributed by atoms with E-state index in [0.717, 1.165) is 44.7 Å².